The van der Waals surface area contributed by atoms with E-state index < -0.39 is 60.5 Å². The van der Waals surface area contributed by atoms with Crippen LogP contribution < -0.4 is 0 Å². The summed E-state index contributed by atoms with van der Waals surface area (Å²) in [6.07, 6.45) is -8.10. The van der Waals surface area contributed by atoms with Crippen LogP contribution in [-0.4, -0.2) is 72.7 Å². The molecule has 6 atom stereocenters. The van der Waals surface area contributed by atoms with E-state index in [0.717, 1.165) is 27.7 Å². The summed E-state index contributed by atoms with van der Waals surface area (Å²) in [5.41, 5.74) is 0. The highest BCUT2D eigenvalue weighted by molar-refractivity contribution is 5.69. The van der Waals surface area contributed by atoms with Gasteiger partial charge in [-0.15, -0.1) is 0 Å². The van der Waals surface area contributed by atoms with Crippen LogP contribution in [0.3, 0.4) is 0 Å². The Balaban J connectivity index is 3.36. The van der Waals surface area contributed by atoms with Crippen LogP contribution in [0.2, 0.25) is 0 Å². The molecule has 1 fully saturated rings. The number of carbonyl (C=O) groups is 4. The van der Waals surface area contributed by atoms with Crippen molar-refractivity contribution in [3.8, 4) is 0 Å². The van der Waals surface area contributed by atoms with Crippen LogP contribution in [0, 0.1) is 0 Å². The lowest BCUT2D eigenvalue weighted by Gasteiger charge is -2.45. The zero-order chi connectivity index (χ0) is 19.3. The third kappa shape index (κ3) is 5.40. The van der Waals surface area contributed by atoms with Crippen LogP contribution in [0.1, 0.15) is 27.7 Å². The minimum Gasteiger partial charge on any atom is -0.456 e. The Hall–Kier alpha value is -2.20. The first kappa shape index (κ1) is 20.8. The summed E-state index contributed by atoms with van der Waals surface area (Å²) in [5, 5.41) is 10.5. The van der Waals surface area contributed by atoms with E-state index in [1.54, 1.807) is 0 Å². The first-order valence-corrected chi connectivity index (χ1v) is 7.48. The maximum Gasteiger partial charge on any atom is 0.303 e. The number of hydrogen-bond donors (Lipinski definition) is 1. The number of carbonyl (C=O) groups excluding carboxylic acids is 4. The van der Waals surface area contributed by atoms with E-state index in [9.17, 15) is 24.3 Å². The molecule has 1 rings (SSSR count). The Kier molecular flexibility index (Phi) is 7.31. The molecule has 0 aromatic rings. The molecule has 0 saturated heterocycles. The fraction of sp³-hybridized carbons (Fsp3) is 0.733. The van der Waals surface area contributed by atoms with Gasteiger partial charge in [0, 0.05) is 34.8 Å². The van der Waals surface area contributed by atoms with Crippen molar-refractivity contribution in [1.29, 1.82) is 0 Å². The van der Waals surface area contributed by atoms with Crippen molar-refractivity contribution in [1.82, 2.24) is 0 Å². The zero-order valence-corrected chi connectivity index (χ0v) is 14.6. The fourth-order valence-corrected chi connectivity index (χ4v) is 2.72. The number of methoxy groups -OCH3 is 1. The summed E-state index contributed by atoms with van der Waals surface area (Å²) in [5.74, 6) is -3.02. The minimum atomic E-state index is -1.51. The van der Waals surface area contributed by atoms with Gasteiger partial charge in [0.05, 0.1) is 0 Å². The van der Waals surface area contributed by atoms with Gasteiger partial charge in [0.25, 0.3) is 0 Å². The van der Waals surface area contributed by atoms with E-state index >= 15 is 0 Å². The second kappa shape index (κ2) is 8.77. The summed E-state index contributed by atoms with van der Waals surface area (Å²) in [6.45, 7) is 4.40. The summed E-state index contributed by atoms with van der Waals surface area (Å²) in [6, 6.07) is 0. The van der Waals surface area contributed by atoms with Gasteiger partial charge in [-0.2, -0.15) is 0 Å². The molecule has 0 spiro atoms. The van der Waals surface area contributed by atoms with Crippen LogP contribution >= 0.6 is 0 Å². The second-order valence-corrected chi connectivity index (χ2v) is 5.49. The van der Waals surface area contributed by atoms with Gasteiger partial charge in [0.15, 0.2) is 24.4 Å². The van der Waals surface area contributed by atoms with Crippen molar-refractivity contribution in [3.63, 3.8) is 0 Å². The van der Waals surface area contributed by atoms with Gasteiger partial charge in [-0.1, -0.05) is 0 Å². The molecule has 0 radical (unpaired) electrons. The van der Waals surface area contributed by atoms with Crippen molar-refractivity contribution >= 4 is 23.9 Å². The lowest BCUT2D eigenvalue weighted by Crippen LogP contribution is -2.67. The van der Waals surface area contributed by atoms with Gasteiger partial charge >= 0.3 is 23.9 Å². The predicted octanol–water partition coefficient (Wildman–Crippen LogP) is -0.897. The highest BCUT2D eigenvalue weighted by Crippen LogP contribution is 2.32. The van der Waals surface area contributed by atoms with Crippen molar-refractivity contribution in [2.24, 2.45) is 0 Å². The molecule has 10 heteroatoms. The maximum absolute atomic E-state index is 11.5. The molecule has 10 nitrogen and oxygen atoms in total. The third-order valence-electron chi connectivity index (χ3n) is 3.45. The van der Waals surface area contributed by atoms with Gasteiger partial charge in [0.2, 0.25) is 0 Å². The number of ether oxygens (including phenoxy) is 5. The lowest BCUT2D eigenvalue weighted by molar-refractivity contribution is -0.255. The summed E-state index contributed by atoms with van der Waals surface area (Å²) in [4.78, 5) is 45.7. The average Bonchev–Trinajstić information content (AvgIpc) is 2.45. The SMILES string of the molecule is CO[C@@H]1[C@H](O)[C@H](OC(C)=O)[C@H](OC(C)=O)[C@H](OC(C)=O)[C@H]1OC(C)=O. The van der Waals surface area contributed by atoms with Crippen LogP contribution in [0.25, 0.3) is 0 Å². The second-order valence-electron chi connectivity index (χ2n) is 5.49. The summed E-state index contributed by atoms with van der Waals surface area (Å²) < 4.78 is 25.5. The molecule has 0 amide bonds. The molecule has 0 bridgehead atoms. The molecule has 0 aromatic heterocycles. The van der Waals surface area contributed by atoms with Crippen LogP contribution in [0.4, 0.5) is 0 Å². The number of esters is 4. The standard InChI is InChI=1S/C15H22O10/c1-6(16)22-12-10(20)11(21-5)13(23-7(2)17)15(25-9(4)19)14(12)24-8(3)18/h10-15,20H,1-5H3/t10-,11+,12-,13-,14-,15+/m0/s1. The number of hydrogen-bond acceptors (Lipinski definition) is 10. The molecule has 1 N–H and O–H groups in total. The number of rotatable bonds is 5. The van der Waals surface area contributed by atoms with Gasteiger partial charge in [0.1, 0.15) is 12.2 Å². The average molecular weight is 362 g/mol. The molecule has 0 unspecified atom stereocenters. The zero-order valence-electron chi connectivity index (χ0n) is 14.6. The highest BCUT2D eigenvalue weighted by atomic mass is 16.6. The monoisotopic (exact) mass is 362 g/mol. The van der Waals surface area contributed by atoms with Crippen molar-refractivity contribution in [2.45, 2.75) is 64.3 Å². The molecule has 0 heterocycles. The highest BCUT2D eigenvalue weighted by Gasteiger charge is 2.57. The molecule has 142 valence electrons. The van der Waals surface area contributed by atoms with E-state index in [2.05, 4.69) is 0 Å². The van der Waals surface area contributed by atoms with E-state index in [1.165, 1.54) is 7.11 Å². The minimum absolute atomic E-state index is 0.732. The molecule has 1 aliphatic rings. The van der Waals surface area contributed by atoms with Crippen LogP contribution in [0.15, 0.2) is 0 Å². The molecule has 0 aliphatic heterocycles. The van der Waals surface area contributed by atoms with E-state index in [-0.39, 0.29) is 0 Å². The molecule has 1 aliphatic carbocycles. The molecular formula is C15H22O10. The normalized spacial score (nSPS) is 31.6. The number of aliphatic hydroxyl groups excluding tert-OH is 1. The molecular weight excluding hydrogens is 340 g/mol. The van der Waals surface area contributed by atoms with Gasteiger partial charge in [-0.3, -0.25) is 19.2 Å². The topological polar surface area (TPSA) is 135 Å². The van der Waals surface area contributed by atoms with E-state index in [4.69, 9.17) is 23.7 Å². The van der Waals surface area contributed by atoms with Gasteiger partial charge in [-0.25, -0.2) is 0 Å². The van der Waals surface area contributed by atoms with Crippen molar-refractivity contribution in [2.75, 3.05) is 7.11 Å². The molecule has 1 saturated carbocycles. The summed E-state index contributed by atoms with van der Waals surface area (Å²) >= 11 is 0. The van der Waals surface area contributed by atoms with E-state index in [1.807, 2.05) is 0 Å². The third-order valence-corrected chi connectivity index (χ3v) is 3.45. The Morgan fingerprint density at radius 3 is 1.20 bits per heavy atom. The van der Waals surface area contributed by atoms with Crippen LogP contribution in [-0.2, 0) is 42.9 Å². The van der Waals surface area contributed by atoms with Crippen molar-refractivity contribution < 1.29 is 48.0 Å². The fourth-order valence-electron chi connectivity index (χ4n) is 2.72. The molecule has 25 heavy (non-hydrogen) atoms. The Morgan fingerprint density at radius 1 is 0.600 bits per heavy atom. The first-order chi connectivity index (χ1) is 11.6. The maximum atomic E-state index is 11.5. The van der Waals surface area contributed by atoms with E-state index in [0.29, 0.717) is 0 Å². The number of aliphatic hydroxyl groups is 1. The lowest BCUT2D eigenvalue weighted by atomic mass is 9.84. The first-order valence-electron chi connectivity index (χ1n) is 7.48. The Bertz CT molecular complexity index is 530. The van der Waals surface area contributed by atoms with Gasteiger partial charge < -0.3 is 28.8 Å². The summed E-state index contributed by atoms with van der Waals surface area (Å²) in [7, 11) is 1.23. The molecule has 0 aromatic carbocycles. The van der Waals surface area contributed by atoms with Gasteiger partial charge in [-0.05, 0) is 0 Å². The smallest absolute Gasteiger partial charge is 0.303 e. The predicted molar refractivity (Wildman–Crippen MR) is 79.0 cm³/mol. The quantitative estimate of drug-likeness (QED) is 0.484. The van der Waals surface area contributed by atoms with Crippen LogP contribution in [0.5, 0.6) is 0 Å². The largest absolute Gasteiger partial charge is 0.456 e. The Morgan fingerprint density at radius 2 is 0.880 bits per heavy atom. The van der Waals surface area contributed by atoms with Crippen molar-refractivity contribution in [3.05, 3.63) is 0 Å². The Labute approximate surface area is 144 Å².